The number of ketones is 1. The van der Waals surface area contributed by atoms with Crippen LogP contribution in [0.5, 0.6) is 0 Å². The van der Waals surface area contributed by atoms with Crippen LogP contribution in [0.3, 0.4) is 0 Å². The van der Waals surface area contributed by atoms with Gasteiger partial charge in [-0.3, -0.25) is 9.59 Å². The number of aryl methyl sites for hydroxylation is 1. The lowest BCUT2D eigenvalue weighted by Crippen LogP contribution is -2.18. The van der Waals surface area contributed by atoms with Gasteiger partial charge in [0.05, 0.1) is 0 Å². The quantitative estimate of drug-likeness (QED) is 0.805. The fourth-order valence-corrected chi connectivity index (χ4v) is 3.17. The van der Waals surface area contributed by atoms with Gasteiger partial charge in [-0.05, 0) is 43.5 Å². The van der Waals surface area contributed by atoms with Gasteiger partial charge in [0.25, 0.3) is 0 Å². The summed E-state index contributed by atoms with van der Waals surface area (Å²) in [7, 11) is 0. The van der Waals surface area contributed by atoms with Crippen molar-refractivity contribution >= 4 is 23.1 Å². The Kier molecular flexibility index (Phi) is 5.49. The number of hydrogen-bond donors (Lipinski definition) is 1. The SMILES string of the molecule is Cc1cc(N2CCCC2)ccc1NC(=O)CCC(=O)c1ccccc1. The van der Waals surface area contributed by atoms with E-state index in [0.29, 0.717) is 5.56 Å². The molecule has 3 rings (SSSR count). The molecule has 0 saturated carbocycles. The van der Waals surface area contributed by atoms with Gasteiger partial charge in [0.15, 0.2) is 5.78 Å². The maximum Gasteiger partial charge on any atom is 0.224 e. The van der Waals surface area contributed by atoms with Crippen molar-refractivity contribution in [1.29, 1.82) is 0 Å². The smallest absolute Gasteiger partial charge is 0.224 e. The van der Waals surface area contributed by atoms with Gasteiger partial charge in [-0.25, -0.2) is 0 Å². The molecule has 1 fully saturated rings. The molecule has 0 bridgehead atoms. The van der Waals surface area contributed by atoms with E-state index in [0.717, 1.165) is 24.3 Å². The van der Waals surface area contributed by atoms with Crippen LogP contribution < -0.4 is 10.2 Å². The van der Waals surface area contributed by atoms with Crippen molar-refractivity contribution in [3.63, 3.8) is 0 Å². The molecule has 4 heteroatoms. The minimum Gasteiger partial charge on any atom is -0.372 e. The summed E-state index contributed by atoms with van der Waals surface area (Å²) in [4.78, 5) is 26.6. The maximum atomic E-state index is 12.2. The van der Waals surface area contributed by atoms with Gasteiger partial charge in [-0.15, -0.1) is 0 Å². The van der Waals surface area contributed by atoms with Crippen molar-refractivity contribution in [1.82, 2.24) is 0 Å². The summed E-state index contributed by atoms with van der Waals surface area (Å²) < 4.78 is 0. The van der Waals surface area contributed by atoms with Gasteiger partial charge in [-0.1, -0.05) is 30.3 Å². The molecule has 0 aliphatic carbocycles. The van der Waals surface area contributed by atoms with Gasteiger partial charge in [0.2, 0.25) is 5.91 Å². The minimum absolute atomic E-state index is 0.00291. The highest BCUT2D eigenvalue weighted by Gasteiger charge is 2.14. The van der Waals surface area contributed by atoms with Gasteiger partial charge in [0, 0.05) is 42.9 Å². The number of nitrogens with one attached hydrogen (secondary N) is 1. The maximum absolute atomic E-state index is 12.2. The van der Waals surface area contributed by atoms with E-state index in [9.17, 15) is 9.59 Å². The first-order valence-electron chi connectivity index (χ1n) is 8.87. The zero-order valence-corrected chi connectivity index (χ0v) is 14.6. The van der Waals surface area contributed by atoms with E-state index in [1.807, 2.05) is 31.2 Å². The number of hydrogen-bond acceptors (Lipinski definition) is 3. The molecule has 0 spiro atoms. The van der Waals surface area contributed by atoms with E-state index >= 15 is 0 Å². The number of carbonyl (C=O) groups is 2. The number of anilines is 2. The number of rotatable bonds is 6. The highest BCUT2D eigenvalue weighted by atomic mass is 16.2. The second-order valence-corrected chi connectivity index (χ2v) is 6.53. The number of nitrogens with zero attached hydrogens (tertiary/aromatic N) is 1. The Morgan fingerprint density at radius 3 is 2.40 bits per heavy atom. The molecule has 1 aliphatic rings. The number of amides is 1. The first-order chi connectivity index (χ1) is 12.1. The predicted octanol–water partition coefficient (Wildman–Crippen LogP) is 4.20. The molecule has 1 saturated heterocycles. The zero-order chi connectivity index (χ0) is 17.6. The fourth-order valence-electron chi connectivity index (χ4n) is 3.17. The van der Waals surface area contributed by atoms with E-state index in [2.05, 4.69) is 22.3 Å². The predicted molar refractivity (Wildman–Crippen MR) is 101 cm³/mol. The topological polar surface area (TPSA) is 49.4 Å². The normalized spacial score (nSPS) is 13.7. The van der Waals surface area contributed by atoms with Crippen LogP contribution in [0.2, 0.25) is 0 Å². The van der Waals surface area contributed by atoms with Gasteiger partial charge in [-0.2, -0.15) is 0 Å². The monoisotopic (exact) mass is 336 g/mol. The van der Waals surface area contributed by atoms with Crippen molar-refractivity contribution in [2.75, 3.05) is 23.3 Å². The molecule has 2 aromatic carbocycles. The molecule has 0 unspecified atom stereocenters. The Labute approximate surface area is 148 Å². The van der Waals surface area contributed by atoms with Gasteiger partial charge < -0.3 is 10.2 Å². The standard InChI is InChI=1S/C21H24N2O2/c1-16-15-18(23-13-5-6-14-23)9-10-19(16)22-21(25)12-11-20(24)17-7-3-2-4-8-17/h2-4,7-10,15H,5-6,11-14H2,1H3,(H,22,25). The van der Waals surface area contributed by atoms with Gasteiger partial charge in [0.1, 0.15) is 0 Å². The van der Waals surface area contributed by atoms with Crippen molar-refractivity contribution in [3.8, 4) is 0 Å². The second kappa shape index (κ2) is 7.97. The van der Waals surface area contributed by atoms with Crippen molar-refractivity contribution in [2.24, 2.45) is 0 Å². The molecular weight excluding hydrogens is 312 g/mol. The summed E-state index contributed by atoms with van der Waals surface area (Å²) in [5.41, 5.74) is 3.74. The van der Waals surface area contributed by atoms with Crippen LogP contribution in [-0.4, -0.2) is 24.8 Å². The Morgan fingerprint density at radius 1 is 1.00 bits per heavy atom. The molecule has 130 valence electrons. The first-order valence-corrected chi connectivity index (χ1v) is 8.87. The summed E-state index contributed by atoms with van der Waals surface area (Å²) in [5, 5.41) is 2.93. The van der Waals surface area contributed by atoms with Crippen LogP contribution in [0.15, 0.2) is 48.5 Å². The Balaban J connectivity index is 1.55. The number of Topliss-reactive ketones (excluding diaryl/α,β-unsaturated/α-hetero) is 1. The highest BCUT2D eigenvalue weighted by molar-refractivity contribution is 6.00. The van der Waals surface area contributed by atoms with Crippen LogP contribution in [0.1, 0.15) is 41.6 Å². The lowest BCUT2D eigenvalue weighted by Gasteiger charge is -2.19. The van der Waals surface area contributed by atoms with Crippen LogP contribution in [0.25, 0.3) is 0 Å². The van der Waals surface area contributed by atoms with Crippen molar-refractivity contribution < 1.29 is 9.59 Å². The lowest BCUT2D eigenvalue weighted by atomic mass is 10.1. The molecular formula is C21H24N2O2. The van der Waals surface area contributed by atoms with Crippen molar-refractivity contribution in [2.45, 2.75) is 32.6 Å². The van der Waals surface area contributed by atoms with E-state index in [-0.39, 0.29) is 24.5 Å². The summed E-state index contributed by atoms with van der Waals surface area (Å²) in [6.45, 7) is 4.21. The number of carbonyl (C=O) groups excluding carboxylic acids is 2. The molecule has 0 radical (unpaired) electrons. The van der Waals surface area contributed by atoms with Crippen LogP contribution in [0.4, 0.5) is 11.4 Å². The van der Waals surface area contributed by atoms with Crippen molar-refractivity contribution in [3.05, 3.63) is 59.7 Å². The molecule has 1 aliphatic heterocycles. The third kappa shape index (κ3) is 4.47. The molecule has 1 heterocycles. The second-order valence-electron chi connectivity index (χ2n) is 6.53. The first kappa shape index (κ1) is 17.2. The fraction of sp³-hybridized carbons (Fsp3) is 0.333. The summed E-state index contributed by atoms with van der Waals surface area (Å²) >= 11 is 0. The van der Waals surface area contributed by atoms with E-state index in [1.54, 1.807) is 12.1 Å². The van der Waals surface area contributed by atoms with E-state index in [1.165, 1.54) is 18.5 Å². The minimum atomic E-state index is -0.124. The molecule has 0 atom stereocenters. The number of benzene rings is 2. The van der Waals surface area contributed by atoms with Crippen LogP contribution in [-0.2, 0) is 4.79 Å². The summed E-state index contributed by atoms with van der Waals surface area (Å²) in [5.74, 6) is -0.127. The summed E-state index contributed by atoms with van der Waals surface area (Å²) in [6, 6.07) is 15.2. The third-order valence-electron chi connectivity index (χ3n) is 4.63. The average Bonchev–Trinajstić information content (AvgIpc) is 3.17. The molecule has 0 aromatic heterocycles. The van der Waals surface area contributed by atoms with Crippen LogP contribution >= 0.6 is 0 Å². The largest absolute Gasteiger partial charge is 0.372 e. The van der Waals surface area contributed by atoms with E-state index in [4.69, 9.17) is 0 Å². The average molecular weight is 336 g/mol. The highest BCUT2D eigenvalue weighted by Crippen LogP contribution is 2.25. The van der Waals surface area contributed by atoms with Crippen LogP contribution in [0, 0.1) is 6.92 Å². The van der Waals surface area contributed by atoms with E-state index < -0.39 is 0 Å². The lowest BCUT2D eigenvalue weighted by molar-refractivity contribution is -0.116. The Bertz CT molecular complexity index is 750. The Morgan fingerprint density at radius 2 is 1.72 bits per heavy atom. The molecule has 1 amide bonds. The third-order valence-corrected chi connectivity index (χ3v) is 4.63. The zero-order valence-electron chi connectivity index (χ0n) is 14.6. The van der Waals surface area contributed by atoms with Gasteiger partial charge >= 0.3 is 0 Å². The molecule has 1 N–H and O–H groups in total. The molecule has 2 aromatic rings. The summed E-state index contributed by atoms with van der Waals surface area (Å²) in [6.07, 6.45) is 2.90. The Hall–Kier alpha value is -2.62. The molecule has 4 nitrogen and oxygen atoms in total. The molecule has 25 heavy (non-hydrogen) atoms.